The van der Waals surface area contributed by atoms with Crippen LogP contribution in [0.2, 0.25) is 0 Å². The minimum Gasteiger partial charge on any atom is -0.310 e. The molecule has 14 rings (SSSR count). The van der Waals surface area contributed by atoms with Crippen molar-refractivity contribution in [2.45, 2.75) is 5.41 Å². The Morgan fingerprint density at radius 2 is 0.519 bits per heavy atom. The Morgan fingerprint density at radius 3 is 0.899 bits per heavy atom. The Kier molecular flexibility index (Phi) is 12.2. The first-order valence-electron chi connectivity index (χ1n) is 27.2. The standard InChI is InChI=1S/C77H54N2/c1-7-21-55(22-8-1)59-35-43-65(44-36-59)78(66-45-37-60(38-46-66)56-23-9-2-10-24-56)69-51-52-72-73(53-69)77(63-29-15-5-16-30-63,64-31-17-6-18-32-64)74-54-75(70-33-19-20-34-71(70)76(72)74)79(67-47-39-61(40-48-67)57-25-11-3-12-26-57)68-49-41-62(42-50-68)58-27-13-4-14-28-58/h1-54H. The van der Waals surface area contributed by atoms with E-state index in [1.807, 2.05) is 0 Å². The van der Waals surface area contributed by atoms with E-state index >= 15 is 0 Å². The molecule has 0 atom stereocenters. The Morgan fingerprint density at radius 1 is 0.215 bits per heavy atom. The highest BCUT2D eigenvalue weighted by molar-refractivity contribution is 6.11. The van der Waals surface area contributed by atoms with E-state index in [0.717, 1.165) is 34.1 Å². The highest BCUT2D eigenvalue weighted by Gasteiger charge is 2.48. The Hall–Kier alpha value is -10.3. The van der Waals surface area contributed by atoms with Gasteiger partial charge in [0.2, 0.25) is 0 Å². The van der Waals surface area contributed by atoms with Crippen molar-refractivity contribution in [2.24, 2.45) is 0 Å². The molecule has 0 fully saturated rings. The molecule has 13 aromatic rings. The molecular formula is C77H54N2. The van der Waals surface area contributed by atoms with Crippen LogP contribution in [0.3, 0.4) is 0 Å². The second-order valence-electron chi connectivity index (χ2n) is 20.4. The maximum absolute atomic E-state index is 2.52. The van der Waals surface area contributed by atoms with Gasteiger partial charge in [-0.25, -0.2) is 0 Å². The molecule has 0 radical (unpaired) electrons. The topological polar surface area (TPSA) is 6.48 Å². The lowest BCUT2D eigenvalue weighted by molar-refractivity contribution is 0.769. The summed E-state index contributed by atoms with van der Waals surface area (Å²) < 4.78 is 0. The van der Waals surface area contributed by atoms with E-state index in [9.17, 15) is 0 Å². The largest absolute Gasteiger partial charge is 0.310 e. The lowest BCUT2D eigenvalue weighted by Gasteiger charge is -2.36. The molecule has 79 heavy (non-hydrogen) atoms. The predicted octanol–water partition coefficient (Wildman–Crippen LogP) is 20.8. The van der Waals surface area contributed by atoms with Crippen molar-refractivity contribution in [1.82, 2.24) is 0 Å². The summed E-state index contributed by atoms with van der Waals surface area (Å²) in [5.74, 6) is 0. The highest BCUT2D eigenvalue weighted by Crippen LogP contribution is 2.61. The van der Waals surface area contributed by atoms with Crippen LogP contribution in [0.4, 0.5) is 34.1 Å². The van der Waals surface area contributed by atoms with Crippen LogP contribution in [0.1, 0.15) is 22.3 Å². The minimum atomic E-state index is -0.734. The van der Waals surface area contributed by atoms with Crippen molar-refractivity contribution in [3.05, 3.63) is 350 Å². The Labute approximate surface area is 463 Å². The summed E-state index contributed by atoms with van der Waals surface area (Å²) in [4.78, 5) is 4.90. The molecule has 1 aliphatic rings. The van der Waals surface area contributed by atoms with E-state index < -0.39 is 5.41 Å². The summed E-state index contributed by atoms with van der Waals surface area (Å²) in [6.07, 6.45) is 0. The summed E-state index contributed by atoms with van der Waals surface area (Å²) in [5.41, 5.74) is 22.6. The van der Waals surface area contributed by atoms with Crippen LogP contribution < -0.4 is 9.80 Å². The van der Waals surface area contributed by atoms with Crippen LogP contribution in [0, 0.1) is 0 Å². The van der Waals surface area contributed by atoms with Gasteiger partial charge in [0.15, 0.2) is 0 Å². The van der Waals surface area contributed by atoms with Gasteiger partial charge in [0.05, 0.1) is 11.1 Å². The van der Waals surface area contributed by atoms with Crippen molar-refractivity contribution in [3.63, 3.8) is 0 Å². The summed E-state index contributed by atoms with van der Waals surface area (Å²) in [6.45, 7) is 0. The molecule has 0 saturated heterocycles. The smallest absolute Gasteiger partial charge is 0.0715 e. The molecule has 1 aliphatic carbocycles. The Bertz CT molecular complexity index is 4020. The molecule has 0 aliphatic heterocycles. The van der Waals surface area contributed by atoms with Gasteiger partial charge in [-0.15, -0.1) is 0 Å². The van der Waals surface area contributed by atoms with Crippen LogP contribution >= 0.6 is 0 Å². The van der Waals surface area contributed by atoms with Crippen LogP contribution in [0.5, 0.6) is 0 Å². The van der Waals surface area contributed by atoms with E-state index in [1.165, 1.54) is 88.7 Å². The molecule has 0 N–H and O–H groups in total. The number of hydrogen-bond donors (Lipinski definition) is 0. The fourth-order valence-corrected chi connectivity index (χ4v) is 12.2. The van der Waals surface area contributed by atoms with Crippen LogP contribution in [0.25, 0.3) is 66.4 Å². The average molecular weight is 1010 g/mol. The first-order chi connectivity index (χ1) is 39.2. The predicted molar refractivity (Wildman–Crippen MR) is 332 cm³/mol. The quantitative estimate of drug-likeness (QED) is 0.120. The van der Waals surface area contributed by atoms with Crippen molar-refractivity contribution in [3.8, 4) is 55.6 Å². The van der Waals surface area contributed by atoms with Gasteiger partial charge in [0.25, 0.3) is 0 Å². The minimum absolute atomic E-state index is 0.734. The van der Waals surface area contributed by atoms with Gasteiger partial charge in [0, 0.05) is 33.8 Å². The van der Waals surface area contributed by atoms with Gasteiger partial charge in [-0.1, -0.05) is 261 Å². The maximum Gasteiger partial charge on any atom is 0.0715 e. The van der Waals surface area contributed by atoms with Crippen molar-refractivity contribution < 1.29 is 0 Å². The summed E-state index contributed by atoms with van der Waals surface area (Å²) in [5, 5.41) is 2.38. The van der Waals surface area contributed by atoms with E-state index in [0.29, 0.717) is 0 Å². The number of hydrogen-bond acceptors (Lipinski definition) is 2. The van der Waals surface area contributed by atoms with Gasteiger partial charge < -0.3 is 9.80 Å². The second kappa shape index (κ2) is 20.3. The van der Waals surface area contributed by atoms with E-state index in [2.05, 4.69) is 337 Å². The zero-order chi connectivity index (χ0) is 52.5. The molecule has 0 aromatic heterocycles. The number of rotatable bonds is 12. The molecule has 0 unspecified atom stereocenters. The average Bonchev–Trinajstić information content (AvgIpc) is 3.89. The third-order valence-electron chi connectivity index (χ3n) is 15.9. The van der Waals surface area contributed by atoms with Gasteiger partial charge in [-0.05, 0) is 150 Å². The normalized spacial score (nSPS) is 12.2. The third-order valence-corrected chi connectivity index (χ3v) is 15.9. The highest BCUT2D eigenvalue weighted by atomic mass is 15.1. The summed E-state index contributed by atoms with van der Waals surface area (Å²) in [7, 11) is 0. The molecule has 0 heterocycles. The molecule has 0 spiro atoms. The zero-order valence-electron chi connectivity index (χ0n) is 43.6. The molecule has 0 bridgehead atoms. The zero-order valence-corrected chi connectivity index (χ0v) is 43.6. The fourth-order valence-electron chi connectivity index (χ4n) is 12.2. The second-order valence-corrected chi connectivity index (χ2v) is 20.4. The van der Waals surface area contributed by atoms with E-state index in [4.69, 9.17) is 0 Å². The first-order valence-corrected chi connectivity index (χ1v) is 27.2. The van der Waals surface area contributed by atoms with E-state index in [1.54, 1.807) is 0 Å². The summed E-state index contributed by atoms with van der Waals surface area (Å²) >= 11 is 0. The van der Waals surface area contributed by atoms with Gasteiger partial charge in [-0.2, -0.15) is 0 Å². The lowest BCUT2D eigenvalue weighted by Crippen LogP contribution is -2.29. The maximum atomic E-state index is 2.52. The van der Waals surface area contributed by atoms with Crippen LogP contribution in [0.15, 0.2) is 328 Å². The van der Waals surface area contributed by atoms with Crippen LogP contribution in [-0.4, -0.2) is 0 Å². The third kappa shape index (κ3) is 8.48. The van der Waals surface area contributed by atoms with Crippen LogP contribution in [-0.2, 0) is 5.41 Å². The molecular weight excluding hydrogens is 953 g/mol. The molecule has 13 aromatic carbocycles. The molecule has 2 heteroatoms. The molecule has 372 valence electrons. The molecule has 0 amide bonds. The number of benzene rings is 13. The number of nitrogens with zero attached hydrogens (tertiary/aromatic N) is 2. The first kappa shape index (κ1) is 47.2. The van der Waals surface area contributed by atoms with Gasteiger partial charge >= 0.3 is 0 Å². The van der Waals surface area contributed by atoms with Crippen molar-refractivity contribution >= 4 is 44.9 Å². The van der Waals surface area contributed by atoms with Gasteiger partial charge in [-0.3, -0.25) is 0 Å². The monoisotopic (exact) mass is 1010 g/mol. The van der Waals surface area contributed by atoms with Gasteiger partial charge in [0.1, 0.15) is 0 Å². The summed E-state index contributed by atoms with van der Waals surface area (Å²) in [6, 6.07) is 120. The lowest BCUT2D eigenvalue weighted by atomic mass is 9.67. The SMILES string of the molecule is c1ccc(-c2ccc(N(c3ccc(-c4ccccc4)cc3)c3ccc4c(c3)C(c3ccccc3)(c3ccccc3)c3cc(N(c5ccc(-c6ccccc6)cc5)c5ccc(-c6ccccc6)cc5)c5ccccc5c3-4)cc2)cc1. The number of anilines is 6. The van der Waals surface area contributed by atoms with Crippen molar-refractivity contribution in [1.29, 1.82) is 0 Å². The van der Waals surface area contributed by atoms with Crippen molar-refractivity contribution in [2.75, 3.05) is 9.80 Å². The molecule has 0 saturated carbocycles. The number of fused-ring (bicyclic) bond motifs is 5. The molecule has 2 nitrogen and oxygen atoms in total. The fraction of sp³-hybridized carbons (Fsp3) is 0.0130. The Balaban J connectivity index is 1.01. The van der Waals surface area contributed by atoms with E-state index in [-0.39, 0.29) is 0 Å².